The lowest BCUT2D eigenvalue weighted by atomic mass is 10.3. The molecular formula is C13H17F3N2O4. The smallest absolute Gasteiger partial charge is 0.406 e. The van der Waals surface area contributed by atoms with E-state index in [0.717, 1.165) is 12.1 Å². The zero-order valence-corrected chi connectivity index (χ0v) is 12.1. The number of amides is 2. The summed E-state index contributed by atoms with van der Waals surface area (Å²) in [6.45, 7) is 0.135. The third kappa shape index (κ3) is 6.64. The molecule has 0 aliphatic rings. The summed E-state index contributed by atoms with van der Waals surface area (Å²) in [5, 5.41) is 12.0. The van der Waals surface area contributed by atoms with Crippen molar-refractivity contribution in [1.82, 2.24) is 4.90 Å². The van der Waals surface area contributed by atoms with E-state index in [-0.39, 0.29) is 18.9 Å². The van der Waals surface area contributed by atoms with Crippen LogP contribution in [0.3, 0.4) is 0 Å². The normalized spacial score (nSPS) is 12.6. The predicted molar refractivity (Wildman–Crippen MR) is 72.7 cm³/mol. The molecule has 0 aliphatic carbocycles. The van der Waals surface area contributed by atoms with Crippen molar-refractivity contribution >= 4 is 11.7 Å². The van der Waals surface area contributed by atoms with Crippen molar-refractivity contribution in [2.45, 2.75) is 12.5 Å². The maximum absolute atomic E-state index is 12.0. The Morgan fingerprint density at radius 3 is 2.45 bits per heavy atom. The van der Waals surface area contributed by atoms with Crippen molar-refractivity contribution in [3.8, 4) is 5.75 Å². The number of anilines is 1. The van der Waals surface area contributed by atoms with E-state index in [2.05, 4.69) is 10.1 Å². The number of likely N-dealkylation sites (N-methyl/N-ethyl adjacent to an activating group) is 1. The molecule has 2 N–H and O–H groups in total. The van der Waals surface area contributed by atoms with E-state index in [1.54, 1.807) is 0 Å². The van der Waals surface area contributed by atoms with Crippen LogP contribution in [-0.4, -0.2) is 55.8 Å². The molecule has 22 heavy (non-hydrogen) atoms. The number of nitrogens with zero attached hydrogens (tertiary/aromatic N) is 1. The zero-order chi connectivity index (χ0) is 16.8. The number of ether oxygens (including phenoxy) is 2. The monoisotopic (exact) mass is 322 g/mol. The summed E-state index contributed by atoms with van der Waals surface area (Å²) in [7, 11) is 2.89. The van der Waals surface area contributed by atoms with Crippen LogP contribution >= 0.6 is 0 Å². The highest BCUT2D eigenvalue weighted by atomic mass is 19.4. The SMILES string of the molecule is COCC(O)CN(C)C(=O)Nc1ccc(OC(F)(F)F)cc1. The second kappa shape index (κ2) is 7.85. The number of aliphatic hydroxyl groups excluding tert-OH is 1. The first-order valence-electron chi connectivity index (χ1n) is 6.26. The second-order valence-electron chi connectivity index (χ2n) is 4.49. The topological polar surface area (TPSA) is 71.0 Å². The summed E-state index contributed by atoms with van der Waals surface area (Å²) in [6, 6.07) is 4.21. The number of nitrogens with one attached hydrogen (secondary N) is 1. The van der Waals surface area contributed by atoms with Crippen molar-refractivity contribution in [2.24, 2.45) is 0 Å². The van der Waals surface area contributed by atoms with E-state index in [1.807, 2.05) is 0 Å². The Labute approximate surface area is 125 Å². The Balaban J connectivity index is 2.54. The van der Waals surface area contributed by atoms with E-state index in [9.17, 15) is 23.1 Å². The van der Waals surface area contributed by atoms with Crippen LogP contribution in [0, 0.1) is 0 Å². The minimum Gasteiger partial charge on any atom is -0.406 e. The molecule has 0 heterocycles. The molecule has 0 spiro atoms. The standard InChI is InChI=1S/C13H17F3N2O4/c1-18(7-10(19)8-21-2)12(20)17-9-3-5-11(6-4-9)22-13(14,15)16/h3-6,10,19H,7-8H2,1-2H3,(H,17,20). The maximum atomic E-state index is 12.0. The lowest BCUT2D eigenvalue weighted by Gasteiger charge is -2.21. The Morgan fingerprint density at radius 1 is 1.36 bits per heavy atom. The van der Waals surface area contributed by atoms with E-state index in [4.69, 9.17) is 4.74 Å². The summed E-state index contributed by atoms with van der Waals surface area (Å²) in [5.74, 6) is -0.380. The molecule has 1 aromatic carbocycles. The number of methoxy groups -OCH3 is 1. The quantitative estimate of drug-likeness (QED) is 0.841. The van der Waals surface area contributed by atoms with Gasteiger partial charge in [0.05, 0.1) is 19.3 Å². The van der Waals surface area contributed by atoms with Gasteiger partial charge in [0, 0.05) is 19.8 Å². The summed E-state index contributed by atoms with van der Waals surface area (Å²) >= 11 is 0. The zero-order valence-electron chi connectivity index (χ0n) is 12.1. The minimum absolute atomic E-state index is 0.0505. The van der Waals surface area contributed by atoms with Crippen molar-refractivity contribution in [3.05, 3.63) is 24.3 Å². The molecule has 1 aromatic rings. The molecule has 0 saturated carbocycles. The number of aliphatic hydroxyl groups is 1. The number of carbonyl (C=O) groups is 1. The number of carbonyl (C=O) groups excluding carboxylic acids is 1. The van der Waals surface area contributed by atoms with Crippen molar-refractivity contribution in [2.75, 3.05) is 32.6 Å². The maximum Gasteiger partial charge on any atom is 0.573 e. The summed E-state index contributed by atoms with van der Waals surface area (Å²) in [4.78, 5) is 13.0. The lowest BCUT2D eigenvalue weighted by molar-refractivity contribution is -0.274. The molecule has 0 aromatic heterocycles. The summed E-state index contributed by atoms with van der Waals surface area (Å²) in [6.07, 6.45) is -5.59. The highest BCUT2D eigenvalue weighted by Gasteiger charge is 2.30. The van der Waals surface area contributed by atoms with Crippen molar-refractivity contribution in [3.63, 3.8) is 0 Å². The fraction of sp³-hybridized carbons (Fsp3) is 0.462. The predicted octanol–water partition coefficient (Wildman–Crippen LogP) is 2.06. The minimum atomic E-state index is -4.76. The van der Waals surface area contributed by atoms with Crippen LogP contribution in [0.15, 0.2) is 24.3 Å². The van der Waals surface area contributed by atoms with Gasteiger partial charge >= 0.3 is 12.4 Å². The Morgan fingerprint density at radius 2 is 1.95 bits per heavy atom. The van der Waals surface area contributed by atoms with Gasteiger partial charge in [-0.2, -0.15) is 0 Å². The van der Waals surface area contributed by atoms with E-state index >= 15 is 0 Å². The fourth-order valence-electron chi connectivity index (χ4n) is 1.60. The van der Waals surface area contributed by atoms with Crippen LogP contribution in [0.4, 0.5) is 23.7 Å². The van der Waals surface area contributed by atoms with Crippen LogP contribution < -0.4 is 10.1 Å². The Hall–Kier alpha value is -2.00. The second-order valence-corrected chi connectivity index (χ2v) is 4.49. The van der Waals surface area contributed by atoms with Gasteiger partial charge in [0.1, 0.15) is 5.75 Å². The molecule has 0 bridgehead atoms. The van der Waals surface area contributed by atoms with Crippen LogP contribution in [-0.2, 0) is 4.74 Å². The molecule has 1 unspecified atom stereocenters. The molecule has 6 nitrogen and oxygen atoms in total. The fourth-order valence-corrected chi connectivity index (χ4v) is 1.60. The summed E-state index contributed by atoms with van der Waals surface area (Å²) < 4.78 is 44.5. The van der Waals surface area contributed by atoms with Gasteiger partial charge in [-0.1, -0.05) is 0 Å². The first-order chi connectivity index (χ1) is 10.2. The first-order valence-corrected chi connectivity index (χ1v) is 6.26. The van der Waals surface area contributed by atoms with Gasteiger partial charge in [0.15, 0.2) is 0 Å². The molecule has 1 atom stereocenters. The highest BCUT2D eigenvalue weighted by Crippen LogP contribution is 2.23. The number of urea groups is 1. The number of hydrogen-bond acceptors (Lipinski definition) is 4. The number of alkyl halides is 3. The third-order valence-electron chi connectivity index (χ3n) is 2.53. The number of hydrogen-bond donors (Lipinski definition) is 2. The average Bonchev–Trinajstić information content (AvgIpc) is 2.39. The van der Waals surface area contributed by atoms with Crippen molar-refractivity contribution < 1.29 is 32.5 Å². The van der Waals surface area contributed by atoms with Gasteiger partial charge in [0.25, 0.3) is 0 Å². The molecular weight excluding hydrogens is 305 g/mol. The first kappa shape index (κ1) is 18.1. The van der Waals surface area contributed by atoms with Crippen LogP contribution in [0.2, 0.25) is 0 Å². The Kier molecular flexibility index (Phi) is 6.44. The lowest BCUT2D eigenvalue weighted by Crippen LogP contribution is -2.38. The van der Waals surface area contributed by atoms with Gasteiger partial charge in [-0.3, -0.25) is 0 Å². The van der Waals surface area contributed by atoms with Crippen molar-refractivity contribution in [1.29, 1.82) is 0 Å². The molecule has 0 fully saturated rings. The average molecular weight is 322 g/mol. The largest absolute Gasteiger partial charge is 0.573 e. The molecule has 0 radical (unpaired) electrons. The molecule has 0 aliphatic heterocycles. The van der Waals surface area contributed by atoms with Crippen LogP contribution in [0.1, 0.15) is 0 Å². The van der Waals surface area contributed by atoms with Gasteiger partial charge in [0.2, 0.25) is 0 Å². The van der Waals surface area contributed by atoms with Gasteiger partial charge in [-0.15, -0.1) is 13.2 Å². The summed E-state index contributed by atoms with van der Waals surface area (Å²) in [5.41, 5.74) is 0.299. The number of benzene rings is 1. The van der Waals surface area contributed by atoms with Gasteiger partial charge < -0.3 is 24.8 Å². The van der Waals surface area contributed by atoms with E-state index in [1.165, 1.54) is 31.2 Å². The third-order valence-corrected chi connectivity index (χ3v) is 2.53. The van der Waals surface area contributed by atoms with Crippen LogP contribution in [0.5, 0.6) is 5.75 Å². The Bertz CT molecular complexity index is 479. The van der Waals surface area contributed by atoms with E-state index < -0.39 is 18.5 Å². The molecule has 124 valence electrons. The van der Waals surface area contributed by atoms with Gasteiger partial charge in [-0.25, -0.2) is 4.79 Å². The molecule has 1 rings (SSSR count). The van der Waals surface area contributed by atoms with Gasteiger partial charge in [-0.05, 0) is 24.3 Å². The number of rotatable bonds is 6. The molecule has 2 amide bonds. The molecule has 0 saturated heterocycles. The van der Waals surface area contributed by atoms with Crippen LogP contribution in [0.25, 0.3) is 0 Å². The molecule has 9 heteroatoms. The highest BCUT2D eigenvalue weighted by molar-refractivity contribution is 5.89. The van der Waals surface area contributed by atoms with E-state index in [0.29, 0.717) is 5.69 Å². The number of halogens is 3.